The van der Waals surface area contributed by atoms with Crippen molar-refractivity contribution in [3.8, 4) is 6.07 Å². The summed E-state index contributed by atoms with van der Waals surface area (Å²) in [5, 5.41) is 12.4. The molecule has 0 spiro atoms. The number of carbonyl (C=O) groups is 1. The van der Waals surface area contributed by atoms with Gasteiger partial charge in [0.2, 0.25) is 0 Å². The maximum absolute atomic E-state index is 11.5. The topological polar surface area (TPSA) is 62.1 Å². The SMILES string of the molecule is COC(=O)[C@@H](C#N)C[C@@H]1NC(C)=Cc2ccccc21. The molecule has 0 amide bonds. The van der Waals surface area contributed by atoms with E-state index >= 15 is 0 Å². The van der Waals surface area contributed by atoms with E-state index in [1.807, 2.05) is 37.3 Å². The molecule has 1 aromatic rings. The molecule has 4 nitrogen and oxygen atoms in total. The zero-order valence-electron chi connectivity index (χ0n) is 11.0. The number of nitrogens with zero attached hydrogens (tertiary/aromatic N) is 1. The van der Waals surface area contributed by atoms with E-state index < -0.39 is 11.9 Å². The van der Waals surface area contributed by atoms with Crippen LogP contribution in [-0.2, 0) is 9.53 Å². The summed E-state index contributed by atoms with van der Waals surface area (Å²) in [5.74, 6) is -1.23. The van der Waals surface area contributed by atoms with Crippen LogP contribution in [0.5, 0.6) is 0 Å². The first kappa shape index (κ1) is 13.2. The summed E-state index contributed by atoms with van der Waals surface area (Å²) in [6.07, 6.45) is 2.47. The number of nitriles is 1. The minimum absolute atomic E-state index is 0.0371. The summed E-state index contributed by atoms with van der Waals surface area (Å²) in [4.78, 5) is 11.5. The minimum atomic E-state index is -0.749. The summed E-state index contributed by atoms with van der Waals surface area (Å²) >= 11 is 0. The Kier molecular flexibility index (Phi) is 3.86. The van der Waals surface area contributed by atoms with Gasteiger partial charge in [-0.3, -0.25) is 4.79 Å². The number of methoxy groups -OCH3 is 1. The standard InChI is InChI=1S/C15H16N2O2/c1-10-7-11-5-3-4-6-13(11)14(17-10)8-12(9-16)15(18)19-2/h3-7,12,14,17H,8H2,1-2H3/t12-,14+/m1/s1. The maximum atomic E-state index is 11.5. The number of ether oxygens (including phenoxy) is 1. The van der Waals surface area contributed by atoms with Crippen LogP contribution in [0, 0.1) is 17.2 Å². The molecule has 1 heterocycles. The van der Waals surface area contributed by atoms with E-state index in [4.69, 9.17) is 5.26 Å². The number of nitrogens with one attached hydrogen (secondary N) is 1. The second-order valence-electron chi connectivity index (χ2n) is 4.59. The monoisotopic (exact) mass is 256 g/mol. The lowest BCUT2D eigenvalue weighted by Gasteiger charge is -2.27. The molecule has 0 aliphatic carbocycles. The van der Waals surface area contributed by atoms with Crippen LogP contribution in [-0.4, -0.2) is 13.1 Å². The first-order valence-electron chi connectivity index (χ1n) is 6.17. The Morgan fingerprint density at radius 3 is 2.95 bits per heavy atom. The number of allylic oxidation sites excluding steroid dienone is 1. The van der Waals surface area contributed by atoms with Crippen molar-refractivity contribution in [3.63, 3.8) is 0 Å². The van der Waals surface area contributed by atoms with E-state index in [-0.39, 0.29) is 6.04 Å². The fraction of sp³-hybridized carbons (Fsp3) is 0.333. The minimum Gasteiger partial charge on any atom is -0.468 e. The Bertz CT molecular complexity index is 558. The van der Waals surface area contributed by atoms with Crippen LogP contribution in [0.25, 0.3) is 6.08 Å². The van der Waals surface area contributed by atoms with Gasteiger partial charge in [-0.25, -0.2) is 0 Å². The molecule has 0 fully saturated rings. The summed E-state index contributed by atoms with van der Waals surface area (Å²) in [5.41, 5.74) is 3.27. The van der Waals surface area contributed by atoms with Crippen LogP contribution in [0.2, 0.25) is 0 Å². The summed E-state index contributed by atoms with van der Waals surface area (Å²) in [6.45, 7) is 1.97. The fourth-order valence-corrected chi connectivity index (χ4v) is 2.35. The molecule has 98 valence electrons. The number of benzene rings is 1. The molecular formula is C15H16N2O2. The van der Waals surface area contributed by atoms with Gasteiger partial charge in [0.1, 0.15) is 5.92 Å². The number of esters is 1. The molecule has 0 bridgehead atoms. The molecule has 1 N–H and O–H groups in total. The summed E-state index contributed by atoms with van der Waals surface area (Å²) in [6, 6.07) is 9.96. The van der Waals surface area contributed by atoms with Gasteiger partial charge in [0.05, 0.1) is 19.2 Å². The molecule has 19 heavy (non-hydrogen) atoms. The van der Waals surface area contributed by atoms with Crippen LogP contribution in [0.15, 0.2) is 30.0 Å². The molecular weight excluding hydrogens is 240 g/mol. The number of rotatable bonds is 3. The summed E-state index contributed by atoms with van der Waals surface area (Å²) < 4.78 is 4.66. The van der Waals surface area contributed by atoms with Crippen LogP contribution in [0.1, 0.15) is 30.5 Å². The first-order chi connectivity index (χ1) is 9.15. The van der Waals surface area contributed by atoms with Gasteiger partial charge in [0, 0.05) is 5.70 Å². The van der Waals surface area contributed by atoms with Crippen molar-refractivity contribution >= 4 is 12.0 Å². The largest absolute Gasteiger partial charge is 0.468 e. The van der Waals surface area contributed by atoms with E-state index in [2.05, 4.69) is 16.1 Å². The average molecular weight is 256 g/mol. The third kappa shape index (κ3) is 2.76. The van der Waals surface area contributed by atoms with Crippen molar-refractivity contribution in [2.24, 2.45) is 5.92 Å². The Hall–Kier alpha value is -2.28. The van der Waals surface area contributed by atoms with E-state index in [0.29, 0.717) is 6.42 Å². The van der Waals surface area contributed by atoms with Crippen molar-refractivity contribution in [1.82, 2.24) is 5.32 Å². The predicted octanol–water partition coefficient (Wildman–Crippen LogP) is 2.39. The number of hydrogen-bond acceptors (Lipinski definition) is 4. The molecule has 4 heteroatoms. The molecule has 1 aliphatic heterocycles. The zero-order chi connectivity index (χ0) is 13.8. The highest BCUT2D eigenvalue weighted by Gasteiger charge is 2.27. The smallest absolute Gasteiger partial charge is 0.323 e. The van der Waals surface area contributed by atoms with Gasteiger partial charge in [0.15, 0.2) is 0 Å². The molecule has 0 saturated heterocycles. The van der Waals surface area contributed by atoms with Crippen LogP contribution >= 0.6 is 0 Å². The number of fused-ring (bicyclic) bond motifs is 1. The van der Waals surface area contributed by atoms with Gasteiger partial charge in [-0.2, -0.15) is 5.26 Å². The lowest BCUT2D eigenvalue weighted by Crippen LogP contribution is -2.28. The van der Waals surface area contributed by atoms with E-state index in [0.717, 1.165) is 16.8 Å². The number of hydrogen-bond donors (Lipinski definition) is 1. The molecule has 0 saturated carbocycles. The molecule has 2 atom stereocenters. The Balaban J connectivity index is 2.25. The lowest BCUT2D eigenvalue weighted by atomic mass is 9.89. The Labute approximate surface area is 112 Å². The average Bonchev–Trinajstić information content (AvgIpc) is 2.43. The Morgan fingerprint density at radius 2 is 2.26 bits per heavy atom. The van der Waals surface area contributed by atoms with Crippen molar-refractivity contribution in [1.29, 1.82) is 5.26 Å². The van der Waals surface area contributed by atoms with Crippen molar-refractivity contribution in [3.05, 3.63) is 41.1 Å². The molecule has 2 rings (SSSR count). The second kappa shape index (κ2) is 5.57. The lowest BCUT2D eigenvalue weighted by molar-refractivity contribution is -0.143. The normalized spacial score (nSPS) is 18.4. The molecule has 1 aromatic carbocycles. The van der Waals surface area contributed by atoms with Crippen molar-refractivity contribution in [2.75, 3.05) is 7.11 Å². The molecule has 0 unspecified atom stereocenters. The quantitative estimate of drug-likeness (QED) is 0.843. The third-order valence-electron chi connectivity index (χ3n) is 3.26. The van der Waals surface area contributed by atoms with Gasteiger partial charge in [-0.15, -0.1) is 0 Å². The fourth-order valence-electron chi connectivity index (χ4n) is 2.35. The van der Waals surface area contributed by atoms with Gasteiger partial charge in [-0.05, 0) is 30.5 Å². The first-order valence-corrected chi connectivity index (χ1v) is 6.17. The van der Waals surface area contributed by atoms with Gasteiger partial charge < -0.3 is 10.1 Å². The van der Waals surface area contributed by atoms with Crippen molar-refractivity contribution < 1.29 is 9.53 Å². The zero-order valence-corrected chi connectivity index (χ0v) is 11.0. The van der Waals surface area contributed by atoms with Crippen LogP contribution < -0.4 is 5.32 Å². The van der Waals surface area contributed by atoms with E-state index in [9.17, 15) is 4.79 Å². The second-order valence-corrected chi connectivity index (χ2v) is 4.59. The van der Waals surface area contributed by atoms with Crippen molar-refractivity contribution in [2.45, 2.75) is 19.4 Å². The highest BCUT2D eigenvalue weighted by Crippen LogP contribution is 2.30. The predicted molar refractivity (Wildman–Crippen MR) is 71.7 cm³/mol. The Morgan fingerprint density at radius 1 is 1.53 bits per heavy atom. The molecule has 0 aromatic heterocycles. The highest BCUT2D eigenvalue weighted by molar-refractivity contribution is 5.75. The van der Waals surface area contributed by atoms with Gasteiger partial charge in [-0.1, -0.05) is 24.3 Å². The van der Waals surface area contributed by atoms with E-state index in [1.165, 1.54) is 7.11 Å². The van der Waals surface area contributed by atoms with Gasteiger partial charge >= 0.3 is 5.97 Å². The van der Waals surface area contributed by atoms with Crippen LogP contribution in [0.4, 0.5) is 0 Å². The molecule has 1 aliphatic rings. The summed E-state index contributed by atoms with van der Waals surface area (Å²) in [7, 11) is 1.31. The highest BCUT2D eigenvalue weighted by atomic mass is 16.5. The maximum Gasteiger partial charge on any atom is 0.323 e. The molecule has 0 radical (unpaired) electrons. The van der Waals surface area contributed by atoms with Crippen LogP contribution in [0.3, 0.4) is 0 Å². The third-order valence-corrected chi connectivity index (χ3v) is 3.26. The van der Waals surface area contributed by atoms with E-state index in [1.54, 1.807) is 0 Å². The van der Waals surface area contributed by atoms with Gasteiger partial charge in [0.25, 0.3) is 0 Å². The number of carbonyl (C=O) groups excluding carboxylic acids is 1.